The van der Waals surface area contributed by atoms with E-state index in [-0.39, 0.29) is 41.0 Å². The fraction of sp³-hybridized carbons (Fsp3) is 0.286. The van der Waals surface area contributed by atoms with Crippen molar-refractivity contribution in [1.29, 1.82) is 0 Å². The van der Waals surface area contributed by atoms with Gasteiger partial charge in [-0.2, -0.15) is 0 Å². The monoisotopic (exact) mass is 442 g/mol. The molecule has 0 aliphatic carbocycles. The van der Waals surface area contributed by atoms with Crippen LogP contribution in [0.1, 0.15) is 29.0 Å². The number of hydrogen-bond acceptors (Lipinski definition) is 6. The van der Waals surface area contributed by atoms with Crippen LogP contribution in [0.15, 0.2) is 47.3 Å². The van der Waals surface area contributed by atoms with E-state index in [0.29, 0.717) is 23.3 Å². The SMILES string of the molecule is O=C(c1ccc([N+](=O)[O-])cc1Cl)N(Cc1nc2ccccc2c(=O)[nH]1)C[C@H]1CCCO1. The number of rotatable bonds is 6. The average molecular weight is 443 g/mol. The van der Waals surface area contributed by atoms with E-state index in [0.717, 1.165) is 18.9 Å². The van der Waals surface area contributed by atoms with E-state index in [2.05, 4.69) is 9.97 Å². The van der Waals surface area contributed by atoms with Crippen molar-refractivity contribution in [3.05, 3.63) is 79.3 Å². The minimum atomic E-state index is -0.575. The van der Waals surface area contributed by atoms with Gasteiger partial charge in [0.15, 0.2) is 0 Å². The van der Waals surface area contributed by atoms with E-state index in [4.69, 9.17) is 16.3 Å². The Hall–Kier alpha value is -3.30. The van der Waals surface area contributed by atoms with Crippen LogP contribution < -0.4 is 5.56 Å². The number of nitro groups is 1. The van der Waals surface area contributed by atoms with Gasteiger partial charge in [-0.15, -0.1) is 0 Å². The van der Waals surface area contributed by atoms with Gasteiger partial charge in [0, 0.05) is 25.3 Å². The lowest BCUT2D eigenvalue weighted by molar-refractivity contribution is -0.384. The zero-order chi connectivity index (χ0) is 22.0. The maximum absolute atomic E-state index is 13.3. The molecule has 31 heavy (non-hydrogen) atoms. The van der Waals surface area contributed by atoms with E-state index in [1.54, 1.807) is 24.3 Å². The highest BCUT2D eigenvalue weighted by Gasteiger charge is 2.26. The van der Waals surface area contributed by atoms with Crippen molar-refractivity contribution >= 4 is 34.1 Å². The Morgan fingerprint density at radius 3 is 2.84 bits per heavy atom. The second-order valence-corrected chi connectivity index (χ2v) is 7.68. The summed E-state index contributed by atoms with van der Waals surface area (Å²) in [6.45, 7) is 0.935. The highest BCUT2D eigenvalue weighted by atomic mass is 35.5. The lowest BCUT2D eigenvalue weighted by Gasteiger charge is -2.25. The van der Waals surface area contributed by atoms with Gasteiger partial charge in [0.1, 0.15) is 5.82 Å². The molecule has 0 unspecified atom stereocenters. The van der Waals surface area contributed by atoms with Crippen molar-refractivity contribution in [1.82, 2.24) is 14.9 Å². The van der Waals surface area contributed by atoms with Crippen molar-refractivity contribution in [2.24, 2.45) is 0 Å². The first kappa shape index (κ1) is 21.0. The summed E-state index contributed by atoms with van der Waals surface area (Å²) in [5.74, 6) is -0.0979. The number of fused-ring (bicyclic) bond motifs is 1. The number of para-hydroxylation sites is 1. The number of aromatic amines is 1. The van der Waals surface area contributed by atoms with Gasteiger partial charge in [-0.3, -0.25) is 19.7 Å². The molecule has 1 N–H and O–H groups in total. The Kier molecular flexibility index (Phi) is 5.97. The predicted molar refractivity (Wildman–Crippen MR) is 114 cm³/mol. The van der Waals surface area contributed by atoms with Crippen molar-refractivity contribution in [2.75, 3.05) is 13.2 Å². The van der Waals surface area contributed by atoms with Gasteiger partial charge < -0.3 is 14.6 Å². The third-order valence-electron chi connectivity index (χ3n) is 5.13. The van der Waals surface area contributed by atoms with Crippen LogP contribution >= 0.6 is 11.6 Å². The first-order valence-electron chi connectivity index (χ1n) is 9.75. The van der Waals surface area contributed by atoms with Crippen molar-refractivity contribution in [3.63, 3.8) is 0 Å². The molecule has 1 aromatic heterocycles. The van der Waals surface area contributed by atoms with Crippen LogP contribution in [0.3, 0.4) is 0 Å². The molecule has 2 heterocycles. The quantitative estimate of drug-likeness (QED) is 0.462. The molecule has 2 aromatic carbocycles. The highest BCUT2D eigenvalue weighted by molar-refractivity contribution is 6.34. The van der Waals surface area contributed by atoms with E-state index in [9.17, 15) is 19.7 Å². The number of hydrogen-bond donors (Lipinski definition) is 1. The summed E-state index contributed by atoms with van der Waals surface area (Å²) in [5.41, 5.74) is 0.166. The molecule has 1 aliphatic rings. The molecule has 1 saturated heterocycles. The van der Waals surface area contributed by atoms with E-state index >= 15 is 0 Å². The number of halogens is 1. The number of nitro benzene ring substituents is 1. The summed E-state index contributed by atoms with van der Waals surface area (Å²) < 4.78 is 5.67. The summed E-state index contributed by atoms with van der Waals surface area (Å²) in [6.07, 6.45) is 1.56. The Labute approximate surface area is 181 Å². The molecule has 9 nitrogen and oxygen atoms in total. The van der Waals surface area contributed by atoms with E-state index < -0.39 is 10.8 Å². The van der Waals surface area contributed by atoms with Crippen LogP contribution in [0.5, 0.6) is 0 Å². The number of carbonyl (C=O) groups excluding carboxylic acids is 1. The van der Waals surface area contributed by atoms with Gasteiger partial charge in [0.05, 0.1) is 39.1 Å². The third kappa shape index (κ3) is 4.57. The molecule has 0 spiro atoms. The number of non-ortho nitro benzene ring substituents is 1. The molecule has 3 aromatic rings. The van der Waals surface area contributed by atoms with Gasteiger partial charge in [-0.05, 0) is 31.0 Å². The van der Waals surface area contributed by atoms with Gasteiger partial charge >= 0.3 is 0 Å². The lowest BCUT2D eigenvalue weighted by Crippen LogP contribution is -2.38. The molecule has 0 bridgehead atoms. The maximum Gasteiger partial charge on any atom is 0.270 e. The van der Waals surface area contributed by atoms with E-state index in [1.165, 1.54) is 17.0 Å². The zero-order valence-corrected chi connectivity index (χ0v) is 17.2. The van der Waals surface area contributed by atoms with Crippen LogP contribution in [0, 0.1) is 10.1 Å². The summed E-state index contributed by atoms with van der Waals surface area (Å²) in [6, 6.07) is 10.7. The molecule has 1 atom stereocenters. The topological polar surface area (TPSA) is 118 Å². The fourth-order valence-electron chi connectivity index (χ4n) is 3.61. The number of ether oxygens (including phenoxy) is 1. The van der Waals surface area contributed by atoms with Gasteiger partial charge in [0.2, 0.25) is 0 Å². The van der Waals surface area contributed by atoms with Crippen LogP contribution in [0.2, 0.25) is 5.02 Å². The first-order valence-corrected chi connectivity index (χ1v) is 10.1. The number of benzene rings is 2. The molecule has 4 rings (SSSR count). The Morgan fingerprint density at radius 2 is 2.13 bits per heavy atom. The first-order chi connectivity index (χ1) is 14.9. The minimum Gasteiger partial charge on any atom is -0.376 e. The Morgan fingerprint density at radius 1 is 1.32 bits per heavy atom. The summed E-state index contributed by atoms with van der Waals surface area (Å²) >= 11 is 6.18. The molecule has 160 valence electrons. The molecule has 0 saturated carbocycles. The second kappa shape index (κ2) is 8.83. The number of nitrogens with zero attached hydrogens (tertiary/aromatic N) is 3. The van der Waals surface area contributed by atoms with Crippen molar-refractivity contribution in [3.8, 4) is 0 Å². The number of carbonyl (C=O) groups is 1. The molecule has 0 radical (unpaired) electrons. The number of H-pyrrole nitrogens is 1. The summed E-state index contributed by atoms with van der Waals surface area (Å²) in [7, 11) is 0. The summed E-state index contributed by atoms with van der Waals surface area (Å²) in [4.78, 5) is 44.8. The molecule has 1 aliphatic heterocycles. The largest absolute Gasteiger partial charge is 0.376 e. The van der Waals surface area contributed by atoms with Gasteiger partial charge in [-0.1, -0.05) is 23.7 Å². The lowest BCUT2D eigenvalue weighted by atomic mass is 10.1. The maximum atomic E-state index is 13.3. The Balaban J connectivity index is 1.66. The van der Waals surface area contributed by atoms with Gasteiger partial charge in [0.25, 0.3) is 17.2 Å². The molecule has 1 amide bonds. The van der Waals surface area contributed by atoms with Crippen LogP contribution in [0.25, 0.3) is 10.9 Å². The normalized spacial score (nSPS) is 15.8. The molecular formula is C21H19ClN4O5. The molecular weight excluding hydrogens is 424 g/mol. The Bertz CT molecular complexity index is 1210. The number of aromatic nitrogens is 2. The summed E-state index contributed by atoms with van der Waals surface area (Å²) in [5, 5.41) is 11.4. The standard InChI is InChI=1S/C21H19ClN4O5/c22-17-10-13(26(29)30)7-8-15(17)21(28)25(11-14-4-3-9-31-14)12-19-23-18-6-2-1-5-16(18)20(27)24-19/h1-2,5-8,10,14H,3-4,9,11-12H2,(H,23,24,27)/t14-/m1/s1. The van der Waals surface area contributed by atoms with Crippen LogP contribution in [-0.4, -0.2) is 45.0 Å². The average Bonchev–Trinajstić information content (AvgIpc) is 3.26. The predicted octanol–water partition coefficient (Wildman–Crippen LogP) is 3.31. The minimum absolute atomic E-state index is 0.0171. The third-order valence-corrected chi connectivity index (χ3v) is 5.44. The smallest absolute Gasteiger partial charge is 0.270 e. The van der Waals surface area contributed by atoms with Gasteiger partial charge in [-0.25, -0.2) is 4.98 Å². The van der Waals surface area contributed by atoms with Crippen LogP contribution in [-0.2, 0) is 11.3 Å². The highest BCUT2D eigenvalue weighted by Crippen LogP contribution is 2.25. The zero-order valence-electron chi connectivity index (χ0n) is 16.4. The number of amides is 1. The number of nitrogens with one attached hydrogen (secondary N) is 1. The molecule has 10 heteroatoms. The van der Waals surface area contributed by atoms with Crippen LogP contribution in [0.4, 0.5) is 5.69 Å². The fourth-order valence-corrected chi connectivity index (χ4v) is 3.86. The second-order valence-electron chi connectivity index (χ2n) is 7.27. The van der Waals surface area contributed by atoms with E-state index in [1.807, 2.05) is 0 Å². The van der Waals surface area contributed by atoms with Crippen molar-refractivity contribution < 1.29 is 14.5 Å². The molecule has 1 fully saturated rings. The van der Waals surface area contributed by atoms with Crippen molar-refractivity contribution in [2.45, 2.75) is 25.5 Å².